The summed E-state index contributed by atoms with van der Waals surface area (Å²) in [4.78, 5) is 39.9. The number of hydrogen-bond donors (Lipinski definition) is 3. The number of piperidine rings is 1. The lowest BCUT2D eigenvalue weighted by Gasteiger charge is -2.41. The third-order valence-electron chi connectivity index (χ3n) is 4.56. The number of rotatable bonds is 4. The number of nitrogen functional groups attached to an aromatic ring is 1. The van der Waals surface area contributed by atoms with Crippen molar-refractivity contribution in [1.29, 1.82) is 0 Å². The van der Waals surface area contributed by atoms with E-state index >= 15 is 0 Å². The highest BCUT2D eigenvalue weighted by molar-refractivity contribution is 5.70. The monoisotopic (exact) mass is 376 g/mol. The molecule has 1 aromatic heterocycles. The Labute approximate surface area is 158 Å². The molecule has 0 aromatic carbocycles. The first-order chi connectivity index (χ1) is 12.5. The molecular weight excluding hydrogens is 348 g/mol. The van der Waals surface area contributed by atoms with Gasteiger partial charge in [0, 0.05) is 29.4 Å². The number of H-pyrrole nitrogens is 1. The maximum atomic E-state index is 12.8. The zero-order chi connectivity index (χ0) is 20.4. The fourth-order valence-electron chi connectivity index (χ4n) is 3.31. The van der Waals surface area contributed by atoms with Gasteiger partial charge < -0.3 is 25.7 Å². The van der Waals surface area contributed by atoms with Crippen molar-refractivity contribution in [2.24, 2.45) is 5.92 Å². The highest BCUT2D eigenvalue weighted by Gasteiger charge is 2.37. The summed E-state index contributed by atoms with van der Waals surface area (Å²) in [6, 6.07) is 1.32. The van der Waals surface area contributed by atoms with Gasteiger partial charge in [0.2, 0.25) is 6.41 Å². The lowest BCUT2D eigenvalue weighted by molar-refractivity contribution is -0.109. The molecule has 8 nitrogen and oxygen atoms in total. The molecule has 27 heavy (non-hydrogen) atoms. The number of likely N-dealkylation sites (tertiary alicyclic amines) is 1. The summed E-state index contributed by atoms with van der Waals surface area (Å²) in [6.45, 7) is 11.5. The van der Waals surface area contributed by atoms with Crippen LogP contribution in [0.1, 0.15) is 50.9 Å². The molecule has 1 aliphatic rings. The Morgan fingerprint density at radius 3 is 2.74 bits per heavy atom. The Hall–Kier alpha value is -2.77. The van der Waals surface area contributed by atoms with E-state index in [1.807, 2.05) is 0 Å². The molecular formula is C19H28N4O4. The highest BCUT2D eigenvalue weighted by Crippen LogP contribution is 2.38. The smallest absolute Gasteiger partial charge is 0.410 e. The number of amides is 2. The molecule has 0 radical (unpaired) electrons. The van der Waals surface area contributed by atoms with E-state index in [9.17, 15) is 14.4 Å². The molecule has 2 atom stereocenters. The molecule has 2 rings (SSSR count). The number of carbonyl (C=O) groups is 2. The minimum atomic E-state index is -0.642. The van der Waals surface area contributed by atoms with Gasteiger partial charge in [-0.25, -0.2) is 4.79 Å². The average molecular weight is 376 g/mol. The molecule has 1 saturated heterocycles. The SMILES string of the molecule is C=C(NC=O)C1CCN(C(=O)OC(C)(C)C)C(c2cc(C)[nH]c(=O)c2N)C1. The predicted octanol–water partition coefficient (Wildman–Crippen LogP) is 2.21. The van der Waals surface area contributed by atoms with Crippen molar-refractivity contribution in [2.45, 2.75) is 52.2 Å². The first kappa shape index (κ1) is 20.5. The second-order valence-electron chi connectivity index (χ2n) is 7.85. The molecule has 2 amide bonds. The van der Waals surface area contributed by atoms with Crippen LogP contribution in [0.3, 0.4) is 0 Å². The van der Waals surface area contributed by atoms with Gasteiger partial charge in [-0.15, -0.1) is 0 Å². The molecule has 4 N–H and O–H groups in total. The van der Waals surface area contributed by atoms with Crippen molar-refractivity contribution in [1.82, 2.24) is 15.2 Å². The minimum Gasteiger partial charge on any atom is -0.444 e. The van der Waals surface area contributed by atoms with Crippen LogP contribution >= 0.6 is 0 Å². The summed E-state index contributed by atoms with van der Waals surface area (Å²) in [7, 11) is 0. The number of aryl methyl sites for hydroxylation is 1. The van der Waals surface area contributed by atoms with Gasteiger partial charge in [0.25, 0.3) is 5.56 Å². The number of nitrogens with zero attached hydrogens (tertiary/aromatic N) is 1. The number of carbonyl (C=O) groups excluding carboxylic acids is 2. The summed E-state index contributed by atoms with van der Waals surface area (Å²) >= 11 is 0. The molecule has 0 aliphatic carbocycles. The third kappa shape index (κ3) is 4.90. The number of nitrogens with two attached hydrogens (primary N) is 1. The number of aromatic nitrogens is 1. The molecule has 2 unspecified atom stereocenters. The second-order valence-corrected chi connectivity index (χ2v) is 7.85. The van der Waals surface area contributed by atoms with Gasteiger partial charge in [-0.3, -0.25) is 9.59 Å². The van der Waals surface area contributed by atoms with Crippen molar-refractivity contribution < 1.29 is 14.3 Å². The van der Waals surface area contributed by atoms with Crippen LogP contribution in [0.15, 0.2) is 23.1 Å². The fourth-order valence-corrected chi connectivity index (χ4v) is 3.31. The Bertz CT molecular complexity index is 794. The molecule has 2 heterocycles. The molecule has 0 bridgehead atoms. The summed E-state index contributed by atoms with van der Waals surface area (Å²) in [6.07, 6.45) is 1.23. The lowest BCUT2D eigenvalue weighted by atomic mass is 9.85. The highest BCUT2D eigenvalue weighted by atomic mass is 16.6. The van der Waals surface area contributed by atoms with E-state index < -0.39 is 17.7 Å². The summed E-state index contributed by atoms with van der Waals surface area (Å²) in [5, 5.41) is 2.60. The van der Waals surface area contributed by atoms with Crippen LogP contribution in [0.25, 0.3) is 0 Å². The largest absolute Gasteiger partial charge is 0.444 e. The number of anilines is 1. The van der Waals surface area contributed by atoms with Crippen LogP contribution in [0.4, 0.5) is 10.5 Å². The first-order valence-electron chi connectivity index (χ1n) is 8.91. The van der Waals surface area contributed by atoms with E-state index in [0.29, 0.717) is 42.8 Å². The van der Waals surface area contributed by atoms with Crippen LogP contribution in [0.5, 0.6) is 0 Å². The first-order valence-corrected chi connectivity index (χ1v) is 8.91. The number of pyridine rings is 1. The van der Waals surface area contributed by atoms with Gasteiger partial charge in [0.05, 0.1) is 6.04 Å². The Balaban J connectivity index is 2.42. The summed E-state index contributed by atoms with van der Waals surface area (Å²) in [5.41, 5.74) is 6.89. The normalized spacial score (nSPS) is 20.1. The average Bonchev–Trinajstić information content (AvgIpc) is 2.56. The van der Waals surface area contributed by atoms with E-state index in [1.165, 1.54) is 0 Å². The van der Waals surface area contributed by atoms with E-state index in [-0.39, 0.29) is 17.2 Å². The van der Waals surface area contributed by atoms with Gasteiger partial charge in [0.1, 0.15) is 11.3 Å². The van der Waals surface area contributed by atoms with Crippen molar-refractivity contribution in [3.63, 3.8) is 0 Å². The maximum absolute atomic E-state index is 12.8. The Morgan fingerprint density at radius 1 is 1.48 bits per heavy atom. The van der Waals surface area contributed by atoms with Gasteiger partial charge in [-0.1, -0.05) is 6.58 Å². The van der Waals surface area contributed by atoms with Gasteiger partial charge in [0.15, 0.2) is 0 Å². The molecule has 1 aliphatic heterocycles. The van der Waals surface area contributed by atoms with E-state index in [4.69, 9.17) is 10.5 Å². The summed E-state index contributed by atoms with van der Waals surface area (Å²) in [5.74, 6) is -0.0436. The van der Waals surface area contributed by atoms with Crippen LogP contribution in [0.2, 0.25) is 0 Å². The van der Waals surface area contributed by atoms with Gasteiger partial charge in [-0.05, 0) is 46.6 Å². The van der Waals surface area contributed by atoms with Crippen molar-refractivity contribution in [3.05, 3.63) is 40.0 Å². The van der Waals surface area contributed by atoms with Crippen molar-refractivity contribution in [3.8, 4) is 0 Å². The molecule has 0 saturated carbocycles. The zero-order valence-corrected chi connectivity index (χ0v) is 16.3. The maximum Gasteiger partial charge on any atom is 0.410 e. The summed E-state index contributed by atoms with van der Waals surface area (Å²) < 4.78 is 5.54. The molecule has 1 aromatic rings. The predicted molar refractivity (Wildman–Crippen MR) is 103 cm³/mol. The molecule has 148 valence electrons. The number of allylic oxidation sites excluding steroid dienone is 1. The van der Waals surface area contributed by atoms with Crippen LogP contribution in [-0.4, -0.2) is 34.5 Å². The number of nitrogens with one attached hydrogen (secondary N) is 2. The molecule has 8 heteroatoms. The minimum absolute atomic E-state index is 0.0436. The van der Waals surface area contributed by atoms with Crippen LogP contribution in [-0.2, 0) is 9.53 Å². The van der Waals surface area contributed by atoms with E-state index in [0.717, 1.165) is 0 Å². The quantitative estimate of drug-likeness (QED) is 0.697. The third-order valence-corrected chi connectivity index (χ3v) is 4.56. The number of hydrogen-bond acceptors (Lipinski definition) is 5. The van der Waals surface area contributed by atoms with Gasteiger partial charge in [-0.2, -0.15) is 0 Å². The van der Waals surface area contributed by atoms with Crippen LogP contribution < -0.4 is 16.6 Å². The Kier molecular flexibility index (Phi) is 5.98. The van der Waals surface area contributed by atoms with Crippen molar-refractivity contribution >= 4 is 18.2 Å². The Morgan fingerprint density at radius 2 is 2.15 bits per heavy atom. The van der Waals surface area contributed by atoms with E-state index in [2.05, 4.69) is 16.9 Å². The molecule has 0 spiro atoms. The topological polar surface area (TPSA) is 118 Å². The molecule has 1 fully saturated rings. The lowest BCUT2D eigenvalue weighted by Crippen LogP contribution is -2.45. The van der Waals surface area contributed by atoms with E-state index in [1.54, 1.807) is 38.7 Å². The fraction of sp³-hybridized carbons (Fsp3) is 0.526. The van der Waals surface area contributed by atoms with Crippen LogP contribution in [0, 0.1) is 12.8 Å². The second kappa shape index (κ2) is 7.85. The number of aromatic amines is 1. The van der Waals surface area contributed by atoms with Gasteiger partial charge >= 0.3 is 6.09 Å². The standard InChI is InChI=1S/C19H28N4O4/c1-11-8-14(16(20)17(25)22-11)15-9-13(12(2)21-10-24)6-7-23(15)18(26)27-19(3,4)5/h8,10,13,15H,2,6-7,9,20H2,1,3-5H3,(H,21,24)(H,22,25). The zero-order valence-electron chi connectivity index (χ0n) is 16.3. The van der Waals surface area contributed by atoms with Crippen molar-refractivity contribution in [2.75, 3.05) is 12.3 Å². The number of ether oxygens (including phenoxy) is 1.